The quantitative estimate of drug-likeness (QED) is 0.711. The van der Waals surface area contributed by atoms with E-state index < -0.39 is 0 Å². The van der Waals surface area contributed by atoms with Crippen LogP contribution in [-0.4, -0.2) is 45.8 Å². The molecule has 0 atom stereocenters. The van der Waals surface area contributed by atoms with Gasteiger partial charge in [0.1, 0.15) is 0 Å². The zero-order chi connectivity index (χ0) is 15.0. The lowest BCUT2D eigenvalue weighted by atomic mass is 10.2. The molecule has 20 heavy (non-hydrogen) atoms. The third-order valence-electron chi connectivity index (χ3n) is 3.08. The number of methoxy groups -OCH3 is 1. The van der Waals surface area contributed by atoms with Gasteiger partial charge in [0.05, 0.1) is 13.2 Å². The second kappa shape index (κ2) is 8.55. The van der Waals surface area contributed by atoms with Crippen molar-refractivity contribution in [3.05, 3.63) is 24.3 Å². The van der Waals surface area contributed by atoms with E-state index in [4.69, 9.17) is 4.74 Å². The topological polar surface area (TPSA) is 53.6 Å². The fourth-order valence-corrected chi connectivity index (χ4v) is 1.68. The summed E-state index contributed by atoms with van der Waals surface area (Å²) in [5.41, 5.74) is 1.90. The largest absolute Gasteiger partial charge is 0.383 e. The minimum Gasteiger partial charge on any atom is -0.383 e. The van der Waals surface area contributed by atoms with Crippen molar-refractivity contribution in [1.82, 2.24) is 5.32 Å². The number of rotatable bonds is 8. The van der Waals surface area contributed by atoms with Gasteiger partial charge in [0.25, 0.3) is 0 Å². The van der Waals surface area contributed by atoms with Crippen molar-refractivity contribution in [2.45, 2.75) is 19.9 Å². The van der Waals surface area contributed by atoms with Gasteiger partial charge in [-0.25, -0.2) is 0 Å². The molecule has 1 aromatic rings. The molecule has 112 valence electrons. The second-order valence-electron chi connectivity index (χ2n) is 4.97. The molecule has 5 heteroatoms. The minimum absolute atomic E-state index is 0.0505. The molecule has 5 nitrogen and oxygen atoms in total. The molecule has 1 aromatic carbocycles. The van der Waals surface area contributed by atoms with Gasteiger partial charge in [-0.05, 0) is 32.0 Å². The molecule has 0 radical (unpaired) electrons. The maximum absolute atomic E-state index is 11.8. The van der Waals surface area contributed by atoms with Crippen LogP contribution in [-0.2, 0) is 9.53 Å². The number of ether oxygens (including phenoxy) is 1. The Hall–Kier alpha value is -1.59. The first kappa shape index (κ1) is 16.5. The third-order valence-corrected chi connectivity index (χ3v) is 3.08. The van der Waals surface area contributed by atoms with Crippen molar-refractivity contribution < 1.29 is 9.53 Å². The highest BCUT2D eigenvalue weighted by atomic mass is 16.5. The number of amides is 1. The summed E-state index contributed by atoms with van der Waals surface area (Å²) < 4.78 is 4.91. The molecule has 0 saturated heterocycles. The van der Waals surface area contributed by atoms with Crippen LogP contribution < -0.4 is 15.5 Å². The number of hydrogen-bond acceptors (Lipinski definition) is 4. The number of anilines is 2. The molecule has 0 unspecified atom stereocenters. The standard InChI is InChI=1S/C15H25N3O2/c1-12(2)18(3)14-7-5-6-13(10-14)17-15(19)11-16-8-9-20-4/h5-7,10,12,16H,8-9,11H2,1-4H3,(H,17,19). The van der Waals surface area contributed by atoms with Gasteiger partial charge >= 0.3 is 0 Å². The maximum Gasteiger partial charge on any atom is 0.238 e. The zero-order valence-electron chi connectivity index (χ0n) is 12.8. The van der Waals surface area contributed by atoms with Gasteiger partial charge < -0.3 is 20.3 Å². The summed E-state index contributed by atoms with van der Waals surface area (Å²) in [6, 6.07) is 8.27. The van der Waals surface area contributed by atoms with Gasteiger partial charge in [-0.3, -0.25) is 4.79 Å². The highest BCUT2D eigenvalue weighted by Gasteiger charge is 2.07. The summed E-state index contributed by atoms with van der Waals surface area (Å²) in [5, 5.41) is 5.90. The van der Waals surface area contributed by atoms with Crippen molar-refractivity contribution in [2.24, 2.45) is 0 Å². The zero-order valence-corrected chi connectivity index (χ0v) is 12.8. The predicted molar refractivity (Wildman–Crippen MR) is 83.4 cm³/mol. The lowest BCUT2D eigenvalue weighted by Gasteiger charge is -2.24. The van der Waals surface area contributed by atoms with Crippen LogP contribution in [0.5, 0.6) is 0 Å². The smallest absolute Gasteiger partial charge is 0.238 e. The molecule has 0 aliphatic rings. The summed E-state index contributed by atoms with van der Waals surface area (Å²) >= 11 is 0. The first-order valence-corrected chi connectivity index (χ1v) is 6.87. The molecule has 1 rings (SSSR count). The fourth-order valence-electron chi connectivity index (χ4n) is 1.68. The van der Waals surface area contributed by atoms with E-state index in [1.54, 1.807) is 7.11 Å². The summed E-state index contributed by atoms with van der Waals surface area (Å²) in [4.78, 5) is 13.9. The van der Waals surface area contributed by atoms with Crippen LogP contribution in [0.1, 0.15) is 13.8 Å². The van der Waals surface area contributed by atoms with Crippen LogP contribution in [0.15, 0.2) is 24.3 Å². The molecule has 1 amide bonds. The van der Waals surface area contributed by atoms with Crippen molar-refractivity contribution in [3.63, 3.8) is 0 Å². The summed E-state index contributed by atoms with van der Waals surface area (Å²) in [6.07, 6.45) is 0. The molecule has 0 saturated carbocycles. The summed E-state index contributed by atoms with van der Waals surface area (Å²) in [7, 11) is 3.68. The number of nitrogens with zero attached hydrogens (tertiary/aromatic N) is 1. The number of carbonyl (C=O) groups excluding carboxylic acids is 1. The van der Waals surface area contributed by atoms with E-state index in [9.17, 15) is 4.79 Å². The normalized spacial score (nSPS) is 10.7. The molecule has 0 fully saturated rings. The van der Waals surface area contributed by atoms with E-state index in [2.05, 4.69) is 29.4 Å². The highest BCUT2D eigenvalue weighted by Crippen LogP contribution is 2.19. The van der Waals surface area contributed by atoms with Crippen molar-refractivity contribution >= 4 is 17.3 Å². The molecule has 0 aliphatic carbocycles. The van der Waals surface area contributed by atoms with Crippen molar-refractivity contribution in [2.75, 3.05) is 44.1 Å². The Morgan fingerprint density at radius 2 is 2.15 bits per heavy atom. The Balaban J connectivity index is 2.51. The van der Waals surface area contributed by atoms with E-state index in [-0.39, 0.29) is 12.5 Å². The van der Waals surface area contributed by atoms with Crippen LogP contribution in [0.2, 0.25) is 0 Å². The maximum atomic E-state index is 11.8. The molecular weight excluding hydrogens is 254 g/mol. The van der Waals surface area contributed by atoms with E-state index in [0.29, 0.717) is 19.2 Å². The molecule has 2 N–H and O–H groups in total. The Morgan fingerprint density at radius 3 is 2.80 bits per heavy atom. The Morgan fingerprint density at radius 1 is 1.40 bits per heavy atom. The molecule has 0 heterocycles. The van der Waals surface area contributed by atoms with Crippen molar-refractivity contribution in [1.29, 1.82) is 0 Å². The lowest BCUT2D eigenvalue weighted by Crippen LogP contribution is -2.30. The Bertz CT molecular complexity index is 421. The lowest BCUT2D eigenvalue weighted by molar-refractivity contribution is -0.115. The van der Waals surface area contributed by atoms with Gasteiger partial charge in [0, 0.05) is 38.1 Å². The van der Waals surface area contributed by atoms with Crippen LogP contribution in [0.3, 0.4) is 0 Å². The Labute approximate surface area is 121 Å². The van der Waals surface area contributed by atoms with Gasteiger partial charge in [-0.15, -0.1) is 0 Å². The number of hydrogen-bond donors (Lipinski definition) is 2. The highest BCUT2D eigenvalue weighted by molar-refractivity contribution is 5.92. The number of benzene rings is 1. The number of nitrogens with one attached hydrogen (secondary N) is 2. The third kappa shape index (κ3) is 5.59. The minimum atomic E-state index is -0.0505. The molecule has 0 bridgehead atoms. The van der Waals surface area contributed by atoms with Crippen molar-refractivity contribution in [3.8, 4) is 0 Å². The van der Waals surface area contributed by atoms with Crippen LogP contribution >= 0.6 is 0 Å². The monoisotopic (exact) mass is 279 g/mol. The molecule has 0 spiro atoms. The van der Waals surface area contributed by atoms with Gasteiger partial charge in [-0.1, -0.05) is 6.07 Å². The first-order chi connectivity index (χ1) is 9.54. The molecular formula is C15H25N3O2. The predicted octanol–water partition coefficient (Wildman–Crippen LogP) is 1.71. The summed E-state index contributed by atoms with van der Waals surface area (Å²) in [5.74, 6) is -0.0505. The van der Waals surface area contributed by atoms with Gasteiger partial charge in [-0.2, -0.15) is 0 Å². The average molecular weight is 279 g/mol. The SMILES string of the molecule is COCCNCC(=O)Nc1cccc(N(C)C(C)C)c1. The fraction of sp³-hybridized carbons (Fsp3) is 0.533. The van der Waals surface area contributed by atoms with Crippen LogP contribution in [0, 0.1) is 0 Å². The van der Waals surface area contributed by atoms with E-state index in [0.717, 1.165) is 11.4 Å². The molecule has 0 aromatic heterocycles. The van der Waals surface area contributed by atoms with E-state index >= 15 is 0 Å². The first-order valence-electron chi connectivity index (χ1n) is 6.87. The van der Waals surface area contributed by atoms with Gasteiger partial charge in [0.2, 0.25) is 5.91 Å². The average Bonchev–Trinajstić information content (AvgIpc) is 2.43. The molecule has 0 aliphatic heterocycles. The summed E-state index contributed by atoms with van der Waals surface area (Å²) in [6.45, 7) is 5.81. The van der Waals surface area contributed by atoms with Crippen LogP contribution in [0.25, 0.3) is 0 Å². The number of carbonyl (C=O) groups is 1. The Kier molecular flexibility index (Phi) is 7.04. The van der Waals surface area contributed by atoms with Crippen LogP contribution in [0.4, 0.5) is 11.4 Å². The second-order valence-corrected chi connectivity index (χ2v) is 4.97. The van der Waals surface area contributed by atoms with E-state index in [1.165, 1.54) is 0 Å². The van der Waals surface area contributed by atoms with E-state index in [1.807, 2.05) is 31.3 Å². The van der Waals surface area contributed by atoms with Gasteiger partial charge in [0.15, 0.2) is 0 Å².